The minimum Gasteiger partial charge on any atom is -0.425 e. The fraction of sp³-hybridized carbons (Fsp3) is 0.405. The van der Waals surface area contributed by atoms with E-state index in [9.17, 15) is 14.7 Å². The summed E-state index contributed by atoms with van der Waals surface area (Å²) in [5, 5.41) is 17.9. The Bertz CT molecular complexity index is 1610. The van der Waals surface area contributed by atoms with Crippen molar-refractivity contribution in [2.24, 2.45) is 0 Å². The van der Waals surface area contributed by atoms with Gasteiger partial charge in [0.15, 0.2) is 5.75 Å². The average molecular weight is 697 g/mol. The molecule has 3 N–H and O–H groups in total. The first-order valence-corrected chi connectivity index (χ1v) is 18.2. The third kappa shape index (κ3) is 10.5. The second-order valence-corrected chi connectivity index (χ2v) is 14.0. The predicted molar refractivity (Wildman–Crippen MR) is 191 cm³/mol. The quantitative estimate of drug-likeness (QED) is 0.0790. The molecule has 0 aliphatic carbocycles. The van der Waals surface area contributed by atoms with Gasteiger partial charge in [-0.2, -0.15) is 11.8 Å². The molecule has 6 heterocycles. The molecule has 0 spiro atoms. The number of carbonyl (C=O) groups is 2. The van der Waals surface area contributed by atoms with E-state index in [1.807, 2.05) is 66.4 Å². The molecule has 2 amide bonds. The van der Waals surface area contributed by atoms with Gasteiger partial charge in [0, 0.05) is 81.5 Å². The lowest BCUT2D eigenvalue weighted by atomic mass is 10.0. The van der Waals surface area contributed by atoms with Crippen LogP contribution in [-0.2, 0) is 31.0 Å². The van der Waals surface area contributed by atoms with Crippen LogP contribution < -0.4 is 15.4 Å². The van der Waals surface area contributed by atoms with Crippen molar-refractivity contribution in [1.82, 2.24) is 40.4 Å². The molecule has 0 saturated carbocycles. The molecule has 4 aromatic rings. The molecule has 0 radical (unpaired) electrons. The van der Waals surface area contributed by atoms with E-state index in [-0.39, 0.29) is 24.1 Å². The van der Waals surface area contributed by atoms with Crippen LogP contribution in [0.4, 0.5) is 4.79 Å². The number of urea groups is 1. The number of amides is 2. The van der Waals surface area contributed by atoms with E-state index in [0.717, 1.165) is 35.7 Å². The van der Waals surface area contributed by atoms with Crippen molar-refractivity contribution in [2.45, 2.75) is 75.3 Å². The van der Waals surface area contributed by atoms with Gasteiger partial charge in [-0.3, -0.25) is 34.5 Å². The number of aliphatic hydroxyl groups is 1. The number of aromatic nitrogens is 4. The van der Waals surface area contributed by atoms with Crippen LogP contribution in [0.25, 0.3) is 0 Å². The molecule has 12 nitrogen and oxygen atoms in total. The second-order valence-electron chi connectivity index (χ2n) is 12.7. The van der Waals surface area contributed by atoms with Crippen molar-refractivity contribution >= 4 is 23.8 Å². The summed E-state index contributed by atoms with van der Waals surface area (Å²) in [4.78, 5) is 47.0. The topological polar surface area (TPSA) is 146 Å². The number of esters is 1. The molecule has 1 unspecified atom stereocenters. The maximum atomic E-state index is 13.0. The summed E-state index contributed by atoms with van der Waals surface area (Å²) in [5.74, 6) is 1.03. The van der Waals surface area contributed by atoms with Crippen LogP contribution in [-0.4, -0.2) is 89.1 Å². The Labute approximate surface area is 297 Å². The summed E-state index contributed by atoms with van der Waals surface area (Å²) in [6.07, 6.45) is 9.08. The van der Waals surface area contributed by atoms with E-state index in [1.165, 1.54) is 0 Å². The Morgan fingerprint density at radius 1 is 0.800 bits per heavy atom. The molecule has 4 aromatic heterocycles. The number of carbonyl (C=O) groups excluding carboxylic acids is 2. The summed E-state index contributed by atoms with van der Waals surface area (Å²) in [5.41, 5.74) is 3.28. The molecule has 2 saturated heterocycles. The lowest BCUT2D eigenvalue weighted by molar-refractivity contribution is -0.134. The third-order valence-corrected chi connectivity index (χ3v) is 10.3. The Kier molecular flexibility index (Phi) is 12.7. The van der Waals surface area contributed by atoms with Crippen LogP contribution in [0.3, 0.4) is 0 Å². The minimum atomic E-state index is -0.720. The standard InChI is InChI=1S/C37H44N8O4S/c46-30(23-44(20-27-10-3-6-16-38-27)21-28-11-4-7-17-39-28)24-45(22-29-12-5-8-18-40-29)25-31-33(13-9-19-41-31)49-35(47)15-2-1-14-34-36-32(26-50-34)42-37(48)43-36/h3-13,16-19,30,32,34,36,46H,1-2,14-15,20-26H2,(H2,42,43,48)/t30?,32-,34-,36-/m0/s1. The molecule has 0 aromatic carbocycles. The summed E-state index contributed by atoms with van der Waals surface area (Å²) < 4.78 is 5.85. The van der Waals surface area contributed by atoms with Gasteiger partial charge >= 0.3 is 12.0 Å². The Hall–Kier alpha value is -4.43. The van der Waals surface area contributed by atoms with E-state index in [0.29, 0.717) is 68.8 Å². The number of aliphatic hydroxyl groups excluding tert-OH is 1. The number of rotatable bonds is 18. The van der Waals surface area contributed by atoms with E-state index in [4.69, 9.17) is 4.74 Å². The van der Waals surface area contributed by atoms with E-state index >= 15 is 0 Å². The van der Waals surface area contributed by atoms with Crippen molar-refractivity contribution in [2.75, 3.05) is 18.8 Å². The van der Waals surface area contributed by atoms with Crippen LogP contribution in [0.5, 0.6) is 5.75 Å². The van der Waals surface area contributed by atoms with Gasteiger partial charge in [-0.25, -0.2) is 4.79 Å². The van der Waals surface area contributed by atoms with Crippen LogP contribution in [0.15, 0.2) is 91.5 Å². The number of fused-ring (bicyclic) bond motifs is 1. The average Bonchev–Trinajstić information content (AvgIpc) is 3.68. The summed E-state index contributed by atoms with van der Waals surface area (Å²) in [7, 11) is 0. The zero-order chi connectivity index (χ0) is 34.5. The van der Waals surface area contributed by atoms with Crippen LogP contribution in [0, 0.1) is 0 Å². The molecule has 2 aliphatic rings. The highest BCUT2D eigenvalue weighted by Gasteiger charge is 2.42. The SMILES string of the molecule is O=C1N[C@H]2[C@H](CS[C@H]2CCCCC(=O)Oc2cccnc2CN(Cc2ccccn2)CC(O)CN(Cc2ccccn2)Cc2ccccn2)N1. The molecule has 0 bridgehead atoms. The lowest BCUT2D eigenvalue weighted by Crippen LogP contribution is -2.40. The fourth-order valence-corrected chi connectivity index (χ4v) is 8.01. The number of ether oxygens (including phenoxy) is 1. The zero-order valence-corrected chi connectivity index (χ0v) is 28.8. The Balaban J connectivity index is 1.07. The van der Waals surface area contributed by atoms with Crippen LogP contribution >= 0.6 is 11.8 Å². The van der Waals surface area contributed by atoms with Crippen molar-refractivity contribution < 1.29 is 19.4 Å². The predicted octanol–water partition coefficient (Wildman–Crippen LogP) is 3.96. The molecule has 2 aliphatic heterocycles. The first-order chi connectivity index (χ1) is 24.5. The number of pyridine rings is 4. The zero-order valence-electron chi connectivity index (χ0n) is 28.0. The number of unbranched alkanes of at least 4 members (excludes halogenated alkanes) is 1. The molecule has 2 fully saturated rings. The highest BCUT2D eigenvalue weighted by molar-refractivity contribution is 8.00. The normalized spacial score (nSPS) is 18.9. The van der Waals surface area contributed by atoms with Gasteiger partial charge in [0.2, 0.25) is 0 Å². The molecular weight excluding hydrogens is 653 g/mol. The summed E-state index contributed by atoms with van der Waals surface area (Å²) in [6, 6.07) is 21.2. The third-order valence-electron chi connectivity index (χ3n) is 8.78. The van der Waals surface area contributed by atoms with E-state index < -0.39 is 6.10 Å². The van der Waals surface area contributed by atoms with Gasteiger partial charge in [-0.15, -0.1) is 0 Å². The molecule has 6 rings (SSSR count). The van der Waals surface area contributed by atoms with Gasteiger partial charge in [0.25, 0.3) is 0 Å². The van der Waals surface area contributed by atoms with Gasteiger partial charge in [-0.05, 0) is 61.4 Å². The van der Waals surface area contributed by atoms with E-state index in [2.05, 4.69) is 40.4 Å². The number of thioether (sulfide) groups is 1. The largest absolute Gasteiger partial charge is 0.425 e. The Morgan fingerprint density at radius 2 is 1.40 bits per heavy atom. The first-order valence-electron chi connectivity index (χ1n) is 17.1. The molecule has 13 heteroatoms. The fourth-order valence-electron chi connectivity index (χ4n) is 6.46. The number of hydrogen-bond donors (Lipinski definition) is 3. The molecular formula is C37H44N8O4S. The molecule has 50 heavy (non-hydrogen) atoms. The van der Waals surface area contributed by atoms with Crippen LogP contribution in [0.2, 0.25) is 0 Å². The van der Waals surface area contributed by atoms with Crippen LogP contribution in [0.1, 0.15) is 48.5 Å². The van der Waals surface area contributed by atoms with Crippen molar-refractivity contribution in [3.8, 4) is 5.75 Å². The maximum absolute atomic E-state index is 13.0. The summed E-state index contributed by atoms with van der Waals surface area (Å²) in [6.45, 7) is 2.66. The maximum Gasteiger partial charge on any atom is 0.315 e. The van der Waals surface area contributed by atoms with Crippen molar-refractivity contribution in [1.29, 1.82) is 0 Å². The lowest BCUT2D eigenvalue weighted by Gasteiger charge is -2.29. The second kappa shape index (κ2) is 18.0. The highest BCUT2D eigenvalue weighted by Crippen LogP contribution is 2.33. The number of nitrogens with one attached hydrogen (secondary N) is 2. The van der Waals surface area contributed by atoms with Crippen molar-refractivity contribution in [3.63, 3.8) is 0 Å². The van der Waals surface area contributed by atoms with E-state index in [1.54, 1.807) is 36.9 Å². The smallest absolute Gasteiger partial charge is 0.315 e. The summed E-state index contributed by atoms with van der Waals surface area (Å²) >= 11 is 1.88. The van der Waals surface area contributed by atoms with Gasteiger partial charge in [0.1, 0.15) is 0 Å². The molecule has 4 atom stereocenters. The first kappa shape index (κ1) is 35.4. The number of hydrogen-bond acceptors (Lipinski definition) is 11. The molecule has 262 valence electrons. The Morgan fingerprint density at radius 3 is 2.00 bits per heavy atom. The minimum absolute atomic E-state index is 0.0857. The monoisotopic (exact) mass is 696 g/mol. The number of nitrogens with zero attached hydrogens (tertiary/aromatic N) is 6. The highest BCUT2D eigenvalue weighted by atomic mass is 32.2. The van der Waals surface area contributed by atoms with Crippen molar-refractivity contribution in [3.05, 3.63) is 114 Å². The van der Waals surface area contributed by atoms with Gasteiger partial charge in [-0.1, -0.05) is 24.6 Å². The van der Waals surface area contributed by atoms with Gasteiger partial charge < -0.3 is 20.5 Å². The van der Waals surface area contributed by atoms with Gasteiger partial charge in [0.05, 0.1) is 41.0 Å².